The second-order valence-electron chi connectivity index (χ2n) is 7.93. The zero-order valence-electron chi connectivity index (χ0n) is 18.0. The highest BCUT2D eigenvalue weighted by molar-refractivity contribution is 7.89. The smallest absolute Gasteiger partial charge is 0.241 e. The highest BCUT2D eigenvalue weighted by Gasteiger charge is 2.25. The molecule has 0 saturated heterocycles. The van der Waals surface area contributed by atoms with Gasteiger partial charge < -0.3 is 18.9 Å². The molecule has 1 unspecified atom stereocenters. The fourth-order valence-corrected chi connectivity index (χ4v) is 5.16. The van der Waals surface area contributed by atoms with E-state index in [9.17, 15) is 8.42 Å². The van der Waals surface area contributed by atoms with Gasteiger partial charge in [0.05, 0.1) is 24.2 Å². The fourth-order valence-electron chi connectivity index (χ4n) is 3.92. The normalized spacial score (nSPS) is 16.0. The minimum atomic E-state index is -3.85. The molecule has 0 spiro atoms. The molecule has 0 aliphatic carbocycles. The number of fused-ring (bicyclic) bond motifs is 2. The van der Waals surface area contributed by atoms with Crippen LogP contribution >= 0.6 is 0 Å². The van der Waals surface area contributed by atoms with Crippen molar-refractivity contribution < 1.29 is 27.4 Å². The molecule has 2 aliphatic heterocycles. The first-order valence-electron chi connectivity index (χ1n) is 10.9. The van der Waals surface area contributed by atoms with Crippen LogP contribution in [0.3, 0.4) is 0 Å². The highest BCUT2D eigenvalue weighted by atomic mass is 32.2. The highest BCUT2D eigenvalue weighted by Crippen LogP contribution is 2.35. The zero-order valence-corrected chi connectivity index (χ0v) is 18.8. The van der Waals surface area contributed by atoms with E-state index in [0.717, 1.165) is 17.5 Å². The first-order valence-corrected chi connectivity index (χ1v) is 12.4. The van der Waals surface area contributed by atoms with Crippen LogP contribution in [0.5, 0.6) is 23.0 Å². The molecule has 2 heterocycles. The Morgan fingerprint density at radius 3 is 2.15 bits per heavy atom. The number of rotatable bonds is 6. The van der Waals surface area contributed by atoms with Crippen LogP contribution in [0.2, 0.25) is 0 Å². The first-order chi connectivity index (χ1) is 16.1. The van der Waals surface area contributed by atoms with E-state index in [2.05, 4.69) is 4.72 Å². The standard InChI is InChI=1S/C25H25NO6S/c27-33(28,20-8-10-23-25(17-20)32-14-13-31-23)26-21(15-18-5-2-1-3-6-18)19-7-9-22-24(16-19)30-12-4-11-29-22/h1-3,5-10,16-17,21,26H,4,11-15H2. The van der Waals surface area contributed by atoms with Crippen LogP contribution in [0.1, 0.15) is 23.6 Å². The summed E-state index contributed by atoms with van der Waals surface area (Å²) >= 11 is 0. The molecule has 0 amide bonds. The second kappa shape index (κ2) is 9.33. The SMILES string of the molecule is O=S(=O)(NC(Cc1ccccc1)c1ccc2c(c1)OCCCO2)c1ccc2c(c1)OCCO2. The summed E-state index contributed by atoms with van der Waals surface area (Å²) < 4.78 is 52.3. The predicted octanol–water partition coefficient (Wildman–Crippen LogP) is 3.88. The van der Waals surface area contributed by atoms with E-state index in [0.29, 0.717) is 55.8 Å². The molecule has 172 valence electrons. The van der Waals surface area contributed by atoms with Crippen molar-refractivity contribution in [1.29, 1.82) is 0 Å². The minimum absolute atomic E-state index is 0.124. The Hall–Kier alpha value is -3.23. The summed E-state index contributed by atoms with van der Waals surface area (Å²) in [6.07, 6.45) is 1.28. The van der Waals surface area contributed by atoms with E-state index in [4.69, 9.17) is 18.9 Å². The third-order valence-electron chi connectivity index (χ3n) is 5.58. The molecule has 1 N–H and O–H groups in total. The van der Waals surface area contributed by atoms with Crippen molar-refractivity contribution in [3.8, 4) is 23.0 Å². The van der Waals surface area contributed by atoms with Gasteiger partial charge in [0.15, 0.2) is 23.0 Å². The Balaban J connectivity index is 1.47. The van der Waals surface area contributed by atoms with Gasteiger partial charge in [-0.2, -0.15) is 0 Å². The average Bonchev–Trinajstić information content (AvgIpc) is 3.09. The van der Waals surface area contributed by atoms with Crippen molar-refractivity contribution in [1.82, 2.24) is 4.72 Å². The summed E-state index contributed by atoms with van der Waals surface area (Å²) in [6.45, 7) is 1.98. The lowest BCUT2D eigenvalue weighted by Gasteiger charge is -2.22. The molecule has 0 saturated carbocycles. The van der Waals surface area contributed by atoms with Gasteiger partial charge in [-0.3, -0.25) is 0 Å². The third-order valence-corrected chi connectivity index (χ3v) is 7.05. The summed E-state index contributed by atoms with van der Waals surface area (Å²) in [5, 5.41) is 0. The molecule has 0 aromatic heterocycles. The maximum Gasteiger partial charge on any atom is 0.241 e. The molecule has 5 rings (SSSR count). The Kier molecular flexibility index (Phi) is 6.11. The lowest BCUT2D eigenvalue weighted by Crippen LogP contribution is -2.30. The van der Waals surface area contributed by atoms with Crippen LogP contribution < -0.4 is 23.7 Å². The van der Waals surface area contributed by atoms with E-state index in [1.807, 2.05) is 48.5 Å². The molecule has 3 aromatic rings. The van der Waals surface area contributed by atoms with Crippen molar-refractivity contribution >= 4 is 10.0 Å². The Labute approximate surface area is 193 Å². The van der Waals surface area contributed by atoms with E-state index < -0.39 is 16.1 Å². The van der Waals surface area contributed by atoms with E-state index >= 15 is 0 Å². The van der Waals surface area contributed by atoms with Crippen LogP contribution in [0.4, 0.5) is 0 Å². The van der Waals surface area contributed by atoms with E-state index in [1.54, 1.807) is 6.07 Å². The van der Waals surface area contributed by atoms with Gasteiger partial charge in [-0.1, -0.05) is 36.4 Å². The number of sulfonamides is 1. The lowest BCUT2D eigenvalue weighted by molar-refractivity contribution is 0.171. The van der Waals surface area contributed by atoms with E-state index in [1.165, 1.54) is 12.1 Å². The van der Waals surface area contributed by atoms with Gasteiger partial charge >= 0.3 is 0 Å². The summed E-state index contributed by atoms with van der Waals surface area (Å²) in [7, 11) is -3.85. The topological polar surface area (TPSA) is 83.1 Å². The lowest BCUT2D eigenvalue weighted by atomic mass is 9.99. The van der Waals surface area contributed by atoms with Gasteiger partial charge in [0.1, 0.15) is 13.2 Å². The number of nitrogens with one attached hydrogen (secondary N) is 1. The van der Waals surface area contributed by atoms with Crippen molar-refractivity contribution in [2.75, 3.05) is 26.4 Å². The van der Waals surface area contributed by atoms with E-state index in [-0.39, 0.29) is 4.90 Å². The second-order valence-corrected chi connectivity index (χ2v) is 9.64. The van der Waals surface area contributed by atoms with Gasteiger partial charge in [-0.05, 0) is 41.8 Å². The van der Waals surface area contributed by atoms with Crippen molar-refractivity contribution in [2.45, 2.75) is 23.8 Å². The van der Waals surface area contributed by atoms with Gasteiger partial charge in [-0.15, -0.1) is 0 Å². The monoisotopic (exact) mass is 467 g/mol. The Bertz CT molecular complexity index is 1230. The molecule has 1 atom stereocenters. The molecule has 0 fully saturated rings. The maximum atomic E-state index is 13.4. The molecule has 33 heavy (non-hydrogen) atoms. The fraction of sp³-hybridized carbons (Fsp3) is 0.280. The molecule has 8 heteroatoms. The van der Waals surface area contributed by atoms with Crippen molar-refractivity contribution in [3.63, 3.8) is 0 Å². The van der Waals surface area contributed by atoms with Crippen LogP contribution in [0, 0.1) is 0 Å². The molecule has 0 radical (unpaired) electrons. The van der Waals surface area contributed by atoms with Gasteiger partial charge in [0.25, 0.3) is 0 Å². The molecular formula is C25H25NO6S. The predicted molar refractivity (Wildman–Crippen MR) is 123 cm³/mol. The molecule has 3 aromatic carbocycles. The summed E-state index contributed by atoms with van der Waals surface area (Å²) in [6, 6.07) is 19.5. The van der Waals surface area contributed by atoms with Gasteiger partial charge in [0, 0.05) is 12.5 Å². The van der Waals surface area contributed by atoms with Gasteiger partial charge in [0.2, 0.25) is 10.0 Å². The summed E-state index contributed by atoms with van der Waals surface area (Å²) in [5.41, 5.74) is 1.81. The summed E-state index contributed by atoms with van der Waals surface area (Å²) in [5.74, 6) is 2.27. The number of hydrogen-bond donors (Lipinski definition) is 1. The number of ether oxygens (including phenoxy) is 4. The van der Waals surface area contributed by atoms with Crippen molar-refractivity contribution in [2.24, 2.45) is 0 Å². The zero-order chi connectivity index (χ0) is 22.7. The number of benzene rings is 3. The molecule has 0 bridgehead atoms. The minimum Gasteiger partial charge on any atom is -0.490 e. The third kappa shape index (κ3) is 4.91. The quantitative estimate of drug-likeness (QED) is 0.592. The van der Waals surface area contributed by atoms with Crippen LogP contribution in [-0.2, 0) is 16.4 Å². The average molecular weight is 468 g/mol. The molecular weight excluding hydrogens is 442 g/mol. The Morgan fingerprint density at radius 1 is 0.727 bits per heavy atom. The van der Waals surface area contributed by atoms with Gasteiger partial charge in [-0.25, -0.2) is 13.1 Å². The van der Waals surface area contributed by atoms with Crippen LogP contribution in [0.15, 0.2) is 71.6 Å². The summed E-state index contributed by atoms with van der Waals surface area (Å²) in [4.78, 5) is 0.124. The molecule has 7 nitrogen and oxygen atoms in total. The van der Waals surface area contributed by atoms with Crippen molar-refractivity contribution in [3.05, 3.63) is 77.9 Å². The molecule has 2 aliphatic rings. The largest absolute Gasteiger partial charge is 0.490 e. The Morgan fingerprint density at radius 2 is 1.36 bits per heavy atom. The van der Waals surface area contributed by atoms with Crippen LogP contribution in [-0.4, -0.2) is 34.8 Å². The maximum absolute atomic E-state index is 13.4. The number of hydrogen-bond acceptors (Lipinski definition) is 6. The first kappa shape index (κ1) is 21.6. The van der Waals surface area contributed by atoms with Crippen LogP contribution in [0.25, 0.3) is 0 Å².